The van der Waals surface area contributed by atoms with Gasteiger partial charge in [0.2, 0.25) is 0 Å². The van der Waals surface area contributed by atoms with Crippen molar-refractivity contribution in [1.82, 2.24) is 0 Å². The summed E-state index contributed by atoms with van der Waals surface area (Å²) in [6.07, 6.45) is 0.924. The molecule has 0 spiro atoms. The lowest BCUT2D eigenvalue weighted by molar-refractivity contribution is 0.281. The molecule has 2 aromatic rings. The second kappa shape index (κ2) is 6.82. The highest BCUT2D eigenvalue weighted by Gasteiger charge is 2.04. The van der Waals surface area contributed by atoms with Gasteiger partial charge in [0.25, 0.3) is 0 Å². The van der Waals surface area contributed by atoms with Gasteiger partial charge in [-0.1, -0.05) is 19.1 Å². The summed E-state index contributed by atoms with van der Waals surface area (Å²) in [7, 11) is 0. The first kappa shape index (κ1) is 14.2. The quantitative estimate of drug-likeness (QED) is 0.792. The van der Waals surface area contributed by atoms with Crippen molar-refractivity contribution in [2.24, 2.45) is 0 Å². The summed E-state index contributed by atoms with van der Waals surface area (Å²) in [5.74, 6) is 2.01. The van der Waals surface area contributed by atoms with Gasteiger partial charge in [0.1, 0.15) is 17.2 Å². The first-order chi connectivity index (χ1) is 9.72. The molecule has 0 atom stereocenters. The Bertz CT molecular complexity index is 552. The SMILES string of the molecule is CCCOc1cc(Oc2ccc(CO)cc2)ccc1N. The van der Waals surface area contributed by atoms with Crippen LogP contribution in [-0.2, 0) is 6.61 Å². The number of ether oxygens (including phenoxy) is 2. The molecule has 4 heteroatoms. The number of aliphatic hydroxyl groups is 1. The van der Waals surface area contributed by atoms with E-state index in [0.29, 0.717) is 29.5 Å². The van der Waals surface area contributed by atoms with Crippen molar-refractivity contribution in [3.8, 4) is 17.2 Å². The van der Waals surface area contributed by atoms with Gasteiger partial charge in [-0.05, 0) is 36.2 Å². The normalized spacial score (nSPS) is 10.3. The molecule has 0 fully saturated rings. The third-order valence-corrected chi connectivity index (χ3v) is 2.79. The standard InChI is InChI=1S/C16H19NO3/c1-2-9-19-16-10-14(7-8-15(16)17)20-13-5-3-12(11-18)4-6-13/h3-8,10,18H,2,9,11,17H2,1H3. The van der Waals surface area contributed by atoms with Crippen LogP contribution in [0.1, 0.15) is 18.9 Å². The summed E-state index contributed by atoms with van der Waals surface area (Å²) in [6, 6.07) is 12.6. The van der Waals surface area contributed by atoms with E-state index in [1.807, 2.05) is 31.2 Å². The molecule has 0 aliphatic heterocycles. The molecule has 0 unspecified atom stereocenters. The molecule has 0 aliphatic carbocycles. The third kappa shape index (κ3) is 3.65. The fourth-order valence-corrected chi connectivity index (χ4v) is 1.71. The zero-order valence-electron chi connectivity index (χ0n) is 11.5. The molecular formula is C16H19NO3. The summed E-state index contributed by atoms with van der Waals surface area (Å²) in [4.78, 5) is 0. The van der Waals surface area contributed by atoms with Gasteiger partial charge in [-0.15, -0.1) is 0 Å². The van der Waals surface area contributed by atoms with Crippen molar-refractivity contribution >= 4 is 5.69 Å². The molecule has 0 saturated heterocycles. The monoisotopic (exact) mass is 273 g/mol. The summed E-state index contributed by atoms with van der Waals surface area (Å²) in [5, 5.41) is 9.00. The molecule has 0 aliphatic rings. The largest absolute Gasteiger partial charge is 0.491 e. The zero-order chi connectivity index (χ0) is 14.4. The molecule has 0 radical (unpaired) electrons. The number of nitrogens with two attached hydrogens (primary N) is 1. The molecule has 106 valence electrons. The van der Waals surface area contributed by atoms with Gasteiger partial charge in [0.05, 0.1) is 18.9 Å². The first-order valence-corrected chi connectivity index (χ1v) is 6.63. The van der Waals surface area contributed by atoms with Gasteiger partial charge in [-0.3, -0.25) is 0 Å². The zero-order valence-corrected chi connectivity index (χ0v) is 11.5. The molecule has 2 rings (SSSR count). The molecule has 3 N–H and O–H groups in total. The van der Waals surface area contributed by atoms with Crippen LogP contribution in [0.25, 0.3) is 0 Å². The summed E-state index contributed by atoms with van der Waals surface area (Å²) >= 11 is 0. The van der Waals surface area contributed by atoms with Crippen LogP contribution in [0.3, 0.4) is 0 Å². The second-order valence-corrected chi connectivity index (χ2v) is 4.45. The van der Waals surface area contributed by atoms with E-state index in [4.69, 9.17) is 20.3 Å². The molecule has 0 amide bonds. The van der Waals surface area contributed by atoms with Gasteiger partial charge in [0, 0.05) is 6.07 Å². The van der Waals surface area contributed by atoms with E-state index in [1.165, 1.54) is 0 Å². The Hall–Kier alpha value is -2.20. The maximum Gasteiger partial charge on any atom is 0.145 e. The lowest BCUT2D eigenvalue weighted by Crippen LogP contribution is -1.99. The highest BCUT2D eigenvalue weighted by molar-refractivity contribution is 5.56. The Kier molecular flexibility index (Phi) is 4.85. The van der Waals surface area contributed by atoms with Crippen molar-refractivity contribution in [3.05, 3.63) is 48.0 Å². The Balaban J connectivity index is 2.11. The van der Waals surface area contributed by atoms with Gasteiger partial charge < -0.3 is 20.3 Å². The Morgan fingerprint density at radius 1 is 1.05 bits per heavy atom. The second-order valence-electron chi connectivity index (χ2n) is 4.45. The Morgan fingerprint density at radius 3 is 2.40 bits per heavy atom. The number of hydrogen-bond acceptors (Lipinski definition) is 4. The maximum atomic E-state index is 9.00. The Morgan fingerprint density at radius 2 is 1.75 bits per heavy atom. The number of aliphatic hydroxyl groups excluding tert-OH is 1. The van der Waals surface area contributed by atoms with Crippen LogP contribution in [0, 0.1) is 0 Å². The summed E-state index contributed by atoms with van der Waals surface area (Å²) in [5.41, 5.74) is 7.30. The van der Waals surface area contributed by atoms with Crippen LogP contribution < -0.4 is 15.2 Å². The average molecular weight is 273 g/mol. The van der Waals surface area contributed by atoms with E-state index in [1.54, 1.807) is 18.2 Å². The van der Waals surface area contributed by atoms with Gasteiger partial charge in [-0.2, -0.15) is 0 Å². The van der Waals surface area contributed by atoms with Gasteiger partial charge in [0.15, 0.2) is 0 Å². The van der Waals surface area contributed by atoms with Crippen LogP contribution in [0.4, 0.5) is 5.69 Å². The topological polar surface area (TPSA) is 64.7 Å². The van der Waals surface area contributed by atoms with Crippen LogP contribution in [0.5, 0.6) is 17.2 Å². The maximum absolute atomic E-state index is 9.00. The van der Waals surface area contributed by atoms with Crippen molar-refractivity contribution < 1.29 is 14.6 Å². The van der Waals surface area contributed by atoms with E-state index in [0.717, 1.165) is 12.0 Å². The number of nitrogen functional groups attached to an aromatic ring is 1. The highest BCUT2D eigenvalue weighted by Crippen LogP contribution is 2.30. The predicted octanol–water partition coefficient (Wildman–Crippen LogP) is 3.34. The van der Waals surface area contributed by atoms with Crippen LogP contribution >= 0.6 is 0 Å². The molecule has 20 heavy (non-hydrogen) atoms. The highest BCUT2D eigenvalue weighted by atomic mass is 16.5. The van der Waals surface area contributed by atoms with Crippen molar-refractivity contribution in [2.45, 2.75) is 20.0 Å². The third-order valence-electron chi connectivity index (χ3n) is 2.79. The van der Waals surface area contributed by atoms with Crippen LogP contribution in [0.15, 0.2) is 42.5 Å². The van der Waals surface area contributed by atoms with Crippen molar-refractivity contribution in [3.63, 3.8) is 0 Å². The Labute approximate surface area is 118 Å². The smallest absolute Gasteiger partial charge is 0.145 e. The van der Waals surface area contributed by atoms with E-state index < -0.39 is 0 Å². The van der Waals surface area contributed by atoms with Gasteiger partial charge >= 0.3 is 0 Å². The van der Waals surface area contributed by atoms with Crippen molar-refractivity contribution in [2.75, 3.05) is 12.3 Å². The lowest BCUT2D eigenvalue weighted by atomic mass is 10.2. The number of hydrogen-bond donors (Lipinski definition) is 2. The first-order valence-electron chi connectivity index (χ1n) is 6.63. The predicted molar refractivity (Wildman–Crippen MR) is 79.1 cm³/mol. The average Bonchev–Trinajstić information content (AvgIpc) is 2.48. The van der Waals surface area contributed by atoms with Crippen molar-refractivity contribution in [1.29, 1.82) is 0 Å². The number of rotatable bonds is 6. The minimum atomic E-state index is 0.0250. The molecule has 0 heterocycles. The minimum absolute atomic E-state index is 0.0250. The lowest BCUT2D eigenvalue weighted by Gasteiger charge is -2.11. The van der Waals surface area contributed by atoms with Crippen LogP contribution in [0.2, 0.25) is 0 Å². The molecule has 4 nitrogen and oxygen atoms in total. The molecule has 0 bridgehead atoms. The summed E-state index contributed by atoms with van der Waals surface area (Å²) < 4.78 is 11.3. The number of benzene rings is 2. The fraction of sp³-hybridized carbons (Fsp3) is 0.250. The minimum Gasteiger partial charge on any atom is -0.491 e. The summed E-state index contributed by atoms with van der Waals surface area (Å²) in [6.45, 7) is 2.69. The molecule has 2 aromatic carbocycles. The molecule has 0 saturated carbocycles. The fourth-order valence-electron chi connectivity index (χ4n) is 1.71. The van der Waals surface area contributed by atoms with E-state index in [9.17, 15) is 0 Å². The number of anilines is 1. The molecule has 0 aromatic heterocycles. The molecular weight excluding hydrogens is 254 g/mol. The van der Waals surface area contributed by atoms with E-state index in [-0.39, 0.29) is 6.61 Å². The van der Waals surface area contributed by atoms with E-state index in [2.05, 4.69) is 0 Å². The van der Waals surface area contributed by atoms with Crippen LogP contribution in [-0.4, -0.2) is 11.7 Å². The van der Waals surface area contributed by atoms with Gasteiger partial charge in [-0.25, -0.2) is 0 Å². The van der Waals surface area contributed by atoms with E-state index >= 15 is 0 Å².